The van der Waals surface area contributed by atoms with Crippen LogP contribution in [-0.4, -0.2) is 19.7 Å². The largest absolute Gasteiger partial charge is 0.372 e. The third-order valence-electron chi connectivity index (χ3n) is 3.27. The highest BCUT2D eigenvalue weighted by molar-refractivity contribution is 5.32. The Morgan fingerprint density at radius 2 is 2.29 bits per heavy atom. The Morgan fingerprint density at radius 3 is 3.06 bits per heavy atom. The number of benzene rings is 1. The summed E-state index contributed by atoms with van der Waals surface area (Å²) in [6.07, 6.45) is 1.97. The van der Waals surface area contributed by atoms with Crippen molar-refractivity contribution in [3.05, 3.63) is 35.4 Å². The Labute approximate surface area is 103 Å². The van der Waals surface area contributed by atoms with Crippen molar-refractivity contribution < 1.29 is 4.74 Å². The molecule has 0 aliphatic carbocycles. The van der Waals surface area contributed by atoms with Crippen molar-refractivity contribution in [1.82, 2.24) is 5.32 Å². The van der Waals surface area contributed by atoms with Gasteiger partial charge in [0, 0.05) is 12.5 Å². The maximum atomic E-state index is 5.92. The molecule has 2 heteroatoms. The summed E-state index contributed by atoms with van der Waals surface area (Å²) >= 11 is 0. The van der Waals surface area contributed by atoms with E-state index in [9.17, 15) is 0 Å². The molecule has 1 aromatic rings. The molecule has 2 unspecified atom stereocenters. The van der Waals surface area contributed by atoms with Gasteiger partial charge in [-0.1, -0.05) is 24.3 Å². The molecule has 0 amide bonds. The van der Waals surface area contributed by atoms with Gasteiger partial charge in [-0.25, -0.2) is 0 Å². The molecule has 0 fully saturated rings. The molecule has 2 rings (SSSR count). The minimum absolute atomic E-state index is 0.130. The van der Waals surface area contributed by atoms with Gasteiger partial charge in [-0.15, -0.1) is 11.8 Å². The lowest BCUT2D eigenvalue weighted by Gasteiger charge is -2.31. The second-order valence-electron chi connectivity index (χ2n) is 4.27. The fourth-order valence-electron chi connectivity index (χ4n) is 2.33. The van der Waals surface area contributed by atoms with Gasteiger partial charge < -0.3 is 10.1 Å². The molecular formula is C15H19NO. The van der Waals surface area contributed by atoms with Crippen LogP contribution in [0.15, 0.2) is 24.3 Å². The summed E-state index contributed by atoms with van der Waals surface area (Å²) in [7, 11) is 1.97. The van der Waals surface area contributed by atoms with E-state index in [1.165, 1.54) is 11.1 Å². The zero-order valence-corrected chi connectivity index (χ0v) is 10.5. The molecule has 90 valence electrons. The highest BCUT2D eigenvalue weighted by Crippen LogP contribution is 2.30. The van der Waals surface area contributed by atoms with Gasteiger partial charge >= 0.3 is 0 Å². The number of hydrogen-bond acceptors (Lipinski definition) is 2. The maximum absolute atomic E-state index is 5.92. The van der Waals surface area contributed by atoms with Crippen LogP contribution in [0, 0.1) is 11.8 Å². The number of ether oxygens (including phenoxy) is 1. The zero-order valence-electron chi connectivity index (χ0n) is 10.5. The predicted octanol–water partition coefficient (Wildman–Crippen LogP) is 2.30. The lowest BCUT2D eigenvalue weighted by atomic mass is 9.92. The molecule has 1 aliphatic heterocycles. The van der Waals surface area contributed by atoms with Gasteiger partial charge in [0.15, 0.2) is 0 Å². The standard InChI is InChI=1S/C15H19NO/c1-3-4-9-14(16-2)15-13-8-6-5-7-12(13)10-11-17-15/h5-8,14-16H,9-11H2,1-2H3. The topological polar surface area (TPSA) is 21.3 Å². The van der Waals surface area contributed by atoms with Gasteiger partial charge in [-0.2, -0.15) is 0 Å². The van der Waals surface area contributed by atoms with Gasteiger partial charge in [-0.05, 0) is 31.5 Å². The third kappa shape index (κ3) is 2.69. The Morgan fingerprint density at radius 1 is 1.47 bits per heavy atom. The summed E-state index contributed by atoms with van der Waals surface area (Å²) in [5, 5.41) is 3.32. The smallest absolute Gasteiger partial charge is 0.0989 e. The molecule has 1 aliphatic rings. The summed E-state index contributed by atoms with van der Waals surface area (Å²) in [4.78, 5) is 0. The first-order valence-corrected chi connectivity index (χ1v) is 6.13. The molecule has 1 aromatic carbocycles. The molecule has 2 nitrogen and oxygen atoms in total. The van der Waals surface area contributed by atoms with E-state index in [-0.39, 0.29) is 12.1 Å². The first kappa shape index (κ1) is 12.2. The Bertz CT molecular complexity index is 430. The molecule has 0 bridgehead atoms. The van der Waals surface area contributed by atoms with E-state index >= 15 is 0 Å². The van der Waals surface area contributed by atoms with Crippen LogP contribution in [0.1, 0.15) is 30.6 Å². The van der Waals surface area contributed by atoms with E-state index < -0.39 is 0 Å². The summed E-state index contributed by atoms with van der Waals surface area (Å²) in [6, 6.07) is 8.82. The molecule has 17 heavy (non-hydrogen) atoms. The second-order valence-corrected chi connectivity index (χ2v) is 4.27. The summed E-state index contributed by atoms with van der Waals surface area (Å²) in [5.41, 5.74) is 2.73. The van der Waals surface area contributed by atoms with Crippen molar-refractivity contribution in [2.75, 3.05) is 13.7 Å². The van der Waals surface area contributed by atoms with Crippen LogP contribution in [0.3, 0.4) is 0 Å². The lowest BCUT2D eigenvalue weighted by molar-refractivity contribution is 0.0183. The highest BCUT2D eigenvalue weighted by Gasteiger charge is 2.26. The predicted molar refractivity (Wildman–Crippen MR) is 69.8 cm³/mol. The highest BCUT2D eigenvalue weighted by atomic mass is 16.5. The van der Waals surface area contributed by atoms with Crippen LogP contribution in [0.4, 0.5) is 0 Å². The molecule has 0 spiro atoms. The molecule has 0 saturated heterocycles. The van der Waals surface area contributed by atoms with Crippen molar-refractivity contribution in [1.29, 1.82) is 0 Å². The average Bonchev–Trinajstić information content (AvgIpc) is 2.40. The van der Waals surface area contributed by atoms with Crippen molar-refractivity contribution >= 4 is 0 Å². The number of hydrogen-bond donors (Lipinski definition) is 1. The first-order chi connectivity index (χ1) is 8.36. The Balaban J connectivity index is 2.23. The van der Waals surface area contributed by atoms with E-state index in [2.05, 4.69) is 41.4 Å². The van der Waals surface area contributed by atoms with Crippen molar-refractivity contribution in [3.63, 3.8) is 0 Å². The molecule has 0 saturated carbocycles. The monoisotopic (exact) mass is 229 g/mol. The summed E-state index contributed by atoms with van der Waals surface area (Å²) < 4.78 is 5.92. The van der Waals surface area contributed by atoms with Crippen LogP contribution in [0.5, 0.6) is 0 Å². The van der Waals surface area contributed by atoms with Gasteiger partial charge in [0.05, 0.1) is 12.7 Å². The number of likely N-dealkylation sites (N-methyl/N-ethyl adjacent to an activating group) is 1. The van der Waals surface area contributed by atoms with Gasteiger partial charge in [0.1, 0.15) is 0 Å². The molecular weight excluding hydrogens is 210 g/mol. The average molecular weight is 229 g/mol. The molecule has 0 radical (unpaired) electrons. The first-order valence-electron chi connectivity index (χ1n) is 6.13. The van der Waals surface area contributed by atoms with E-state index in [0.29, 0.717) is 0 Å². The minimum Gasteiger partial charge on any atom is -0.372 e. The van der Waals surface area contributed by atoms with Crippen LogP contribution in [0.25, 0.3) is 0 Å². The quantitative estimate of drug-likeness (QED) is 0.803. The van der Waals surface area contributed by atoms with E-state index in [1.54, 1.807) is 0 Å². The third-order valence-corrected chi connectivity index (χ3v) is 3.27. The molecule has 1 heterocycles. The number of rotatable bonds is 3. The van der Waals surface area contributed by atoms with Gasteiger partial charge in [0.2, 0.25) is 0 Å². The van der Waals surface area contributed by atoms with Crippen LogP contribution < -0.4 is 5.32 Å². The number of fused-ring (bicyclic) bond motifs is 1. The summed E-state index contributed by atoms with van der Waals surface area (Å²) in [5.74, 6) is 6.08. The van der Waals surface area contributed by atoms with E-state index in [0.717, 1.165) is 19.4 Å². The summed E-state index contributed by atoms with van der Waals surface area (Å²) in [6.45, 7) is 2.68. The lowest BCUT2D eigenvalue weighted by Crippen LogP contribution is -2.36. The van der Waals surface area contributed by atoms with E-state index in [4.69, 9.17) is 4.74 Å². The van der Waals surface area contributed by atoms with Gasteiger partial charge in [-0.3, -0.25) is 0 Å². The van der Waals surface area contributed by atoms with Crippen molar-refractivity contribution in [2.45, 2.75) is 31.9 Å². The minimum atomic E-state index is 0.130. The van der Waals surface area contributed by atoms with Crippen molar-refractivity contribution in [2.24, 2.45) is 0 Å². The molecule has 1 N–H and O–H groups in total. The Hall–Kier alpha value is -1.30. The SMILES string of the molecule is CC#CCC(NC)C1OCCc2ccccc21. The van der Waals surface area contributed by atoms with E-state index in [1.807, 2.05) is 14.0 Å². The normalized spacial score (nSPS) is 20.0. The second kappa shape index (κ2) is 5.86. The van der Waals surface area contributed by atoms with Crippen LogP contribution in [0.2, 0.25) is 0 Å². The Kier molecular flexibility index (Phi) is 4.19. The fraction of sp³-hybridized carbons (Fsp3) is 0.467. The van der Waals surface area contributed by atoms with Gasteiger partial charge in [0.25, 0.3) is 0 Å². The fourth-order valence-corrected chi connectivity index (χ4v) is 2.33. The van der Waals surface area contributed by atoms with Crippen LogP contribution >= 0.6 is 0 Å². The number of nitrogens with one attached hydrogen (secondary N) is 1. The van der Waals surface area contributed by atoms with Crippen LogP contribution in [-0.2, 0) is 11.2 Å². The molecule has 2 atom stereocenters. The molecule has 0 aromatic heterocycles. The zero-order chi connectivity index (χ0) is 12.1. The van der Waals surface area contributed by atoms with Crippen molar-refractivity contribution in [3.8, 4) is 11.8 Å². The maximum Gasteiger partial charge on any atom is 0.0989 e.